The first-order valence-electron chi connectivity index (χ1n) is 8.43. The Bertz CT molecular complexity index is 985. The maximum atomic E-state index is 12.2. The van der Waals surface area contributed by atoms with E-state index < -0.39 is 5.97 Å². The number of carbonyl (C=O) groups excluding carboxylic acids is 2. The Morgan fingerprint density at radius 2 is 1.75 bits per heavy atom. The average molecular weight is 441 g/mol. The zero-order chi connectivity index (χ0) is 19.9. The van der Waals surface area contributed by atoms with Crippen LogP contribution in [0.15, 0.2) is 71.2 Å². The second kappa shape index (κ2) is 9.19. The number of para-hydroxylation sites is 1. The van der Waals surface area contributed by atoms with Gasteiger partial charge in [-0.05, 0) is 51.3 Å². The minimum Gasteiger partial charge on any atom is -0.493 e. The lowest BCUT2D eigenvalue weighted by molar-refractivity contribution is -0.136. The molecule has 0 spiro atoms. The van der Waals surface area contributed by atoms with Crippen molar-refractivity contribution in [2.75, 3.05) is 13.7 Å². The molecule has 0 unspecified atom stereocenters. The molecule has 3 rings (SSSR count). The molecular weight excluding hydrogens is 424 g/mol. The van der Waals surface area contributed by atoms with Gasteiger partial charge in [0.2, 0.25) is 0 Å². The van der Waals surface area contributed by atoms with Gasteiger partial charge in [-0.2, -0.15) is 0 Å². The summed E-state index contributed by atoms with van der Waals surface area (Å²) < 4.78 is 16.7. The van der Waals surface area contributed by atoms with Crippen molar-refractivity contribution in [1.82, 2.24) is 0 Å². The van der Waals surface area contributed by atoms with Gasteiger partial charge in [0.15, 0.2) is 24.4 Å². The van der Waals surface area contributed by atoms with Gasteiger partial charge >= 0.3 is 5.97 Å². The maximum Gasteiger partial charge on any atom is 0.349 e. The van der Waals surface area contributed by atoms with E-state index in [2.05, 4.69) is 15.9 Å². The summed E-state index contributed by atoms with van der Waals surface area (Å²) in [5.74, 6) is 0.234. The van der Waals surface area contributed by atoms with E-state index in [-0.39, 0.29) is 17.9 Å². The molecular formula is C22H17BrO5. The lowest BCUT2D eigenvalue weighted by atomic mass is 10.1. The second-order valence-corrected chi connectivity index (χ2v) is 6.62. The first-order valence-corrected chi connectivity index (χ1v) is 9.22. The van der Waals surface area contributed by atoms with Gasteiger partial charge < -0.3 is 14.2 Å². The highest BCUT2D eigenvalue weighted by Crippen LogP contribution is 2.32. The van der Waals surface area contributed by atoms with Gasteiger partial charge in [0, 0.05) is 0 Å². The van der Waals surface area contributed by atoms with Crippen LogP contribution < -0.4 is 14.2 Å². The van der Waals surface area contributed by atoms with E-state index in [1.807, 2.05) is 42.5 Å². The molecule has 3 aromatic carbocycles. The molecule has 0 aliphatic rings. The van der Waals surface area contributed by atoms with E-state index in [9.17, 15) is 9.59 Å². The van der Waals surface area contributed by atoms with Crippen LogP contribution in [0.25, 0.3) is 11.1 Å². The molecule has 0 fully saturated rings. The molecule has 0 atom stereocenters. The van der Waals surface area contributed by atoms with Gasteiger partial charge in [-0.1, -0.05) is 42.5 Å². The molecule has 0 aliphatic heterocycles. The fraction of sp³-hybridized carbons (Fsp3) is 0.0909. The number of carbonyl (C=O) groups is 2. The summed E-state index contributed by atoms with van der Waals surface area (Å²) in [6.45, 7) is -0.320. The largest absolute Gasteiger partial charge is 0.493 e. The monoisotopic (exact) mass is 440 g/mol. The number of hydrogen-bond donors (Lipinski definition) is 0. The van der Waals surface area contributed by atoms with E-state index in [1.165, 1.54) is 13.2 Å². The summed E-state index contributed by atoms with van der Waals surface area (Å²) in [4.78, 5) is 23.4. The van der Waals surface area contributed by atoms with Gasteiger partial charge in [-0.15, -0.1) is 0 Å². The van der Waals surface area contributed by atoms with E-state index >= 15 is 0 Å². The molecule has 6 heteroatoms. The fourth-order valence-corrected chi connectivity index (χ4v) is 3.10. The third kappa shape index (κ3) is 4.58. The number of benzene rings is 3. The number of ether oxygens (including phenoxy) is 3. The number of hydrogen-bond acceptors (Lipinski definition) is 5. The minimum absolute atomic E-state index is 0.0760. The van der Waals surface area contributed by atoms with E-state index in [0.29, 0.717) is 22.3 Å². The maximum absolute atomic E-state index is 12.2. The molecule has 0 radical (unpaired) electrons. The van der Waals surface area contributed by atoms with Crippen LogP contribution in [-0.2, 0) is 4.79 Å². The smallest absolute Gasteiger partial charge is 0.349 e. The Hall–Kier alpha value is -3.12. The predicted molar refractivity (Wildman–Crippen MR) is 109 cm³/mol. The molecule has 142 valence electrons. The van der Waals surface area contributed by atoms with Crippen molar-refractivity contribution in [2.45, 2.75) is 0 Å². The zero-order valence-corrected chi connectivity index (χ0v) is 16.6. The van der Waals surface area contributed by atoms with Gasteiger partial charge in [0.05, 0.1) is 17.1 Å². The van der Waals surface area contributed by atoms with Crippen molar-refractivity contribution in [3.8, 4) is 28.4 Å². The van der Waals surface area contributed by atoms with Crippen LogP contribution in [0.5, 0.6) is 17.2 Å². The van der Waals surface area contributed by atoms with Gasteiger partial charge in [-0.25, -0.2) is 4.79 Å². The summed E-state index contributed by atoms with van der Waals surface area (Å²) in [6, 6.07) is 20.3. The van der Waals surface area contributed by atoms with Gasteiger partial charge in [0.1, 0.15) is 5.75 Å². The van der Waals surface area contributed by atoms with Crippen LogP contribution >= 0.6 is 15.9 Å². The van der Waals surface area contributed by atoms with Crippen molar-refractivity contribution in [3.05, 3.63) is 76.8 Å². The van der Waals surface area contributed by atoms with Gasteiger partial charge in [-0.3, -0.25) is 4.79 Å². The van der Waals surface area contributed by atoms with Crippen LogP contribution in [0.1, 0.15) is 10.4 Å². The normalized spacial score (nSPS) is 10.2. The van der Waals surface area contributed by atoms with Crippen molar-refractivity contribution in [2.24, 2.45) is 0 Å². The second-order valence-electron chi connectivity index (χ2n) is 5.77. The van der Waals surface area contributed by atoms with Crippen LogP contribution in [0.4, 0.5) is 0 Å². The van der Waals surface area contributed by atoms with Crippen LogP contribution in [0.2, 0.25) is 0 Å². The summed E-state index contributed by atoms with van der Waals surface area (Å²) in [7, 11) is 1.43. The minimum atomic E-state index is -0.647. The van der Waals surface area contributed by atoms with Crippen molar-refractivity contribution in [3.63, 3.8) is 0 Å². The molecule has 0 heterocycles. The lowest BCUT2D eigenvalue weighted by Crippen LogP contribution is -2.19. The molecule has 0 amide bonds. The summed E-state index contributed by atoms with van der Waals surface area (Å²) >= 11 is 3.46. The predicted octanol–water partition coefficient (Wildman–Crippen LogP) is 4.92. The third-order valence-electron chi connectivity index (χ3n) is 3.96. The molecule has 0 saturated carbocycles. The summed E-state index contributed by atoms with van der Waals surface area (Å²) in [5.41, 5.74) is 2.32. The van der Waals surface area contributed by atoms with Crippen molar-refractivity contribution >= 4 is 28.2 Å². The molecule has 0 saturated heterocycles. The SMILES string of the molecule is COc1cccc(C=O)c1OC(=O)COc1ccc(-c2ccccc2)cc1Br. The number of methoxy groups -OCH3 is 1. The first-order chi connectivity index (χ1) is 13.6. The third-order valence-corrected chi connectivity index (χ3v) is 4.58. The molecule has 28 heavy (non-hydrogen) atoms. The van der Waals surface area contributed by atoms with E-state index in [0.717, 1.165) is 11.1 Å². The molecule has 0 aromatic heterocycles. The van der Waals surface area contributed by atoms with Crippen LogP contribution in [0, 0.1) is 0 Å². The van der Waals surface area contributed by atoms with E-state index in [1.54, 1.807) is 18.2 Å². The fourth-order valence-electron chi connectivity index (χ4n) is 2.60. The topological polar surface area (TPSA) is 61.8 Å². The number of halogens is 1. The first kappa shape index (κ1) is 19.6. The van der Waals surface area contributed by atoms with Crippen molar-refractivity contribution in [1.29, 1.82) is 0 Å². The summed E-state index contributed by atoms with van der Waals surface area (Å²) in [6.07, 6.45) is 0.602. The Labute approximate surface area is 171 Å². The lowest BCUT2D eigenvalue weighted by Gasteiger charge is -2.12. The Morgan fingerprint density at radius 1 is 0.964 bits per heavy atom. The average Bonchev–Trinajstić information content (AvgIpc) is 2.73. The number of esters is 1. The standard InChI is InChI=1S/C22H17BrO5/c1-26-20-9-5-8-17(13-24)22(20)28-21(25)14-27-19-11-10-16(12-18(19)23)15-6-3-2-4-7-15/h2-13H,14H2,1H3. The summed E-state index contributed by atoms with van der Waals surface area (Å²) in [5, 5.41) is 0. The Balaban J connectivity index is 1.68. The van der Waals surface area contributed by atoms with Crippen molar-refractivity contribution < 1.29 is 23.8 Å². The quantitative estimate of drug-likeness (QED) is 0.296. The van der Waals surface area contributed by atoms with Gasteiger partial charge in [0.25, 0.3) is 0 Å². The highest BCUT2D eigenvalue weighted by molar-refractivity contribution is 9.10. The number of aldehydes is 1. The Morgan fingerprint density at radius 3 is 2.43 bits per heavy atom. The molecule has 3 aromatic rings. The Kier molecular flexibility index (Phi) is 6.45. The van der Waals surface area contributed by atoms with Crippen LogP contribution in [-0.4, -0.2) is 26.0 Å². The molecule has 0 N–H and O–H groups in total. The zero-order valence-electron chi connectivity index (χ0n) is 15.1. The van der Waals surface area contributed by atoms with E-state index in [4.69, 9.17) is 14.2 Å². The molecule has 5 nitrogen and oxygen atoms in total. The van der Waals surface area contributed by atoms with Crippen LogP contribution in [0.3, 0.4) is 0 Å². The highest BCUT2D eigenvalue weighted by atomic mass is 79.9. The molecule has 0 aliphatic carbocycles. The number of rotatable bonds is 7. The highest BCUT2D eigenvalue weighted by Gasteiger charge is 2.16. The molecule has 0 bridgehead atoms.